The van der Waals surface area contributed by atoms with Gasteiger partial charge in [0.15, 0.2) is 5.69 Å². The lowest BCUT2D eigenvalue weighted by atomic mass is 10.2. The summed E-state index contributed by atoms with van der Waals surface area (Å²) in [6, 6.07) is -0.0522. The van der Waals surface area contributed by atoms with E-state index >= 15 is 0 Å². The first-order valence-corrected chi connectivity index (χ1v) is 4.07. The highest BCUT2D eigenvalue weighted by Gasteiger charge is 2.14. The summed E-state index contributed by atoms with van der Waals surface area (Å²) in [6.45, 7) is 3.99. The molecule has 1 rings (SSSR count). The van der Waals surface area contributed by atoms with Crippen LogP contribution in [0.1, 0.15) is 23.0 Å². The van der Waals surface area contributed by atoms with Crippen molar-refractivity contribution in [2.75, 3.05) is 6.54 Å². The number of nitrogens with zero attached hydrogens (tertiary/aromatic N) is 1. The van der Waals surface area contributed by atoms with Crippen molar-refractivity contribution >= 4 is 5.91 Å². The molecule has 13 heavy (non-hydrogen) atoms. The molecule has 0 saturated heterocycles. The first-order chi connectivity index (χ1) is 6.15. The quantitative estimate of drug-likeness (QED) is 0.694. The van der Waals surface area contributed by atoms with Gasteiger partial charge in [-0.15, -0.1) is 0 Å². The second kappa shape index (κ2) is 4.04. The molecule has 0 aromatic carbocycles. The molecule has 1 unspecified atom stereocenters. The van der Waals surface area contributed by atoms with Crippen molar-refractivity contribution in [2.45, 2.75) is 19.9 Å². The molecule has 1 heterocycles. The van der Waals surface area contributed by atoms with Gasteiger partial charge in [0.05, 0.1) is 0 Å². The fourth-order valence-electron chi connectivity index (χ4n) is 0.858. The number of hydrogen-bond acceptors (Lipinski definition) is 4. The topological polar surface area (TPSA) is 81.2 Å². The first-order valence-electron chi connectivity index (χ1n) is 4.07. The van der Waals surface area contributed by atoms with E-state index in [1.807, 2.05) is 6.92 Å². The molecule has 1 atom stereocenters. The highest BCUT2D eigenvalue weighted by molar-refractivity contribution is 5.93. The van der Waals surface area contributed by atoms with Crippen LogP contribution in [-0.2, 0) is 0 Å². The third kappa shape index (κ3) is 2.29. The number of amides is 1. The van der Waals surface area contributed by atoms with Crippen molar-refractivity contribution in [3.8, 4) is 0 Å². The van der Waals surface area contributed by atoms with Crippen LogP contribution in [-0.4, -0.2) is 23.7 Å². The summed E-state index contributed by atoms with van der Waals surface area (Å²) in [5, 5.41) is 6.26. The van der Waals surface area contributed by atoms with Crippen LogP contribution in [0.15, 0.2) is 10.8 Å². The normalized spacial score (nSPS) is 12.5. The summed E-state index contributed by atoms with van der Waals surface area (Å²) in [7, 11) is 0. The number of hydrogen-bond donors (Lipinski definition) is 2. The number of nitrogens with two attached hydrogens (primary N) is 1. The van der Waals surface area contributed by atoms with E-state index in [9.17, 15) is 4.79 Å². The van der Waals surface area contributed by atoms with Gasteiger partial charge < -0.3 is 15.6 Å². The Bertz CT molecular complexity index is 295. The highest BCUT2D eigenvalue weighted by Crippen LogP contribution is 2.03. The zero-order valence-corrected chi connectivity index (χ0v) is 7.70. The SMILES string of the molecule is Cc1conc1C(=O)NC(C)CN. The van der Waals surface area contributed by atoms with Crippen LogP contribution >= 0.6 is 0 Å². The fourth-order valence-corrected chi connectivity index (χ4v) is 0.858. The minimum atomic E-state index is -0.246. The lowest BCUT2D eigenvalue weighted by Crippen LogP contribution is -2.38. The van der Waals surface area contributed by atoms with Crippen LogP contribution in [0.3, 0.4) is 0 Å². The minimum absolute atomic E-state index is 0.0522. The van der Waals surface area contributed by atoms with Gasteiger partial charge >= 0.3 is 0 Å². The van der Waals surface area contributed by atoms with Crippen LogP contribution in [0.5, 0.6) is 0 Å². The van der Waals surface area contributed by atoms with Gasteiger partial charge in [-0.05, 0) is 13.8 Å². The van der Waals surface area contributed by atoms with Gasteiger partial charge in [-0.2, -0.15) is 0 Å². The van der Waals surface area contributed by atoms with Gasteiger partial charge in [-0.3, -0.25) is 4.79 Å². The molecule has 5 heteroatoms. The molecule has 1 aromatic rings. The van der Waals surface area contributed by atoms with Crippen molar-refractivity contribution in [2.24, 2.45) is 5.73 Å². The maximum Gasteiger partial charge on any atom is 0.273 e. The van der Waals surface area contributed by atoms with E-state index in [-0.39, 0.29) is 11.9 Å². The Morgan fingerprint density at radius 2 is 2.54 bits per heavy atom. The predicted octanol–water partition coefficient (Wildman–Crippen LogP) is 0.0600. The molecular formula is C8H13N3O2. The Morgan fingerprint density at radius 1 is 1.85 bits per heavy atom. The molecule has 3 N–H and O–H groups in total. The van der Waals surface area contributed by atoms with Crippen LogP contribution in [0.25, 0.3) is 0 Å². The smallest absolute Gasteiger partial charge is 0.273 e. The molecule has 72 valence electrons. The van der Waals surface area contributed by atoms with E-state index in [0.717, 1.165) is 5.56 Å². The summed E-state index contributed by atoms with van der Waals surface area (Å²) in [4.78, 5) is 11.4. The lowest BCUT2D eigenvalue weighted by Gasteiger charge is -2.09. The third-order valence-electron chi connectivity index (χ3n) is 1.69. The summed E-state index contributed by atoms with van der Waals surface area (Å²) >= 11 is 0. The van der Waals surface area contributed by atoms with E-state index in [2.05, 4.69) is 15.0 Å². The van der Waals surface area contributed by atoms with Gasteiger partial charge in [0.2, 0.25) is 0 Å². The van der Waals surface area contributed by atoms with Crippen molar-refractivity contribution in [1.82, 2.24) is 10.5 Å². The summed E-state index contributed by atoms with van der Waals surface area (Å²) in [5.74, 6) is -0.246. The monoisotopic (exact) mass is 183 g/mol. The summed E-state index contributed by atoms with van der Waals surface area (Å²) < 4.78 is 4.64. The number of nitrogens with one attached hydrogen (secondary N) is 1. The van der Waals surface area contributed by atoms with Crippen molar-refractivity contribution < 1.29 is 9.32 Å². The van der Waals surface area contributed by atoms with Crippen molar-refractivity contribution in [3.05, 3.63) is 17.5 Å². The molecular weight excluding hydrogens is 170 g/mol. The van der Waals surface area contributed by atoms with Crippen LogP contribution < -0.4 is 11.1 Å². The summed E-state index contributed by atoms with van der Waals surface area (Å²) in [5.41, 5.74) is 6.40. The predicted molar refractivity (Wildman–Crippen MR) is 47.2 cm³/mol. The molecule has 1 aromatic heterocycles. The van der Waals surface area contributed by atoms with Gasteiger partial charge in [0.1, 0.15) is 6.26 Å². The standard InChI is InChI=1S/C8H13N3O2/c1-5-4-13-11-7(5)8(12)10-6(2)3-9/h4,6H,3,9H2,1-2H3,(H,10,12). The van der Waals surface area contributed by atoms with E-state index in [0.29, 0.717) is 12.2 Å². The molecule has 0 aliphatic heterocycles. The van der Waals surface area contributed by atoms with Gasteiger partial charge in [-0.25, -0.2) is 0 Å². The first kappa shape index (κ1) is 9.73. The van der Waals surface area contributed by atoms with E-state index < -0.39 is 0 Å². The molecule has 0 spiro atoms. The van der Waals surface area contributed by atoms with E-state index in [1.54, 1.807) is 6.92 Å². The number of carbonyl (C=O) groups excluding carboxylic acids is 1. The molecule has 0 aliphatic rings. The Hall–Kier alpha value is -1.36. The Balaban J connectivity index is 2.64. The van der Waals surface area contributed by atoms with Crippen molar-refractivity contribution in [1.29, 1.82) is 0 Å². The maximum atomic E-state index is 11.4. The van der Waals surface area contributed by atoms with Crippen LogP contribution in [0.2, 0.25) is 0 Å². The number of aryl methyl sites for hydroxylation is 1. The second-order valence-electron chi connectivity index (χ2n) is 2.96. The molecule has 1 amide bonds. The molecule has 0 bridgehead atoms. The number of carbonyl (C=O) groups is 1. The zero-order valence-electron chi connectivity index (χ0n) is 7.70. The lowest BCUT2D eigenvalue weighted by molar-refractivity contribution is 0.0931. The number of aromatic nitrogens is 1. The zero-order chi connectivity index (χ0) is 9.84. The largest absolute Gasteiger partial charge is 0.364 e. The van der Waals surface area contributed by atoms with E-state index in [4.69, 9.17) is 5.73 Å². The average Bonchev–Trinajstić information content (AvgIpc) is 2.51. The Morgan fingerprint density at radius 3 is 3.00 bits per heavy atom. The van der Waals surface area contributed by atoms with Gasteiger partial charge in [0, 0.05) is 18.2 Å². The number of rotatable bonds is 3. The second-order valence-corrected chi connectivity index (χ2v) is 2.96. The van der Waals surface area contributed by atoms with Crippen LogP contribution in [0.4, 0.5) is 0 Å². The summed E-state index contributed by atoms with van der Waals surface area (Å²) in [6.07, 6.45) is 1.43. The van der Waals surface area contributed by atoms with E-state index in [1.165, 1.54) is 6.26 Å². The molecule has 0 radical (unpaired) electrons. The fraction of sp³-hybridized carbons (Fsp3) is 0.500. The van der Waals surface area contributed by atoms with Gasteiger partial charge in [0.25, 0.3) is 5.91 Å². The van der Waals surface area contributed by atoms with Crippen LogP contribution in [0, 0.1) is 6.92 Å². The maximum absolute atomic E-state index is 11.4. The average molecular weight is 183 g/mol. The molecule has 0 fully saturated rings. The Labute approximate surface area is 76.3 Å². The minimum Gasteiger partial charge on any atom is -0.364 e. The van der Waals surface area contributed by atoms with Gasteiger partial charge in [-0.1, -0.05) is 5.16 Å². The molecule has 5 nitrogen and oxygen atoms in total. The van der Waals surface area contributed by atoms with Crippen molar-refractivity contribution in [3.63, 3.8) is 0 Å². The molecule has 0 aliphatic carbocycles. The Kier molecular flexibility index (Phi) is 3.02. The molecule has 0 saturated carbocycles. The third-order valence-corrected chi connectivity index (χ3v) is 1.69. The highest BCUT2D eigenvalue weighted by atomic mass is 16.5.